The molecular formula is C21H27N5O3S2. The predicted molar refractivity (Wildman–Crippen MR) is 122 cm³/mol. The molecule has 1 aliphatic heterocycles. The molecule has 0 N–H and O–H groups in total. The molecule has 0 spiro atoms. The van der Waals surface area contributed by atoms with Crippen LogP contribution in [0.5, 0.6) is 0 Å². The minimum Gasteiger partial charge on any atom is -0.246 e. The van der Waals surface area contributed by atoms with Crippen molar-refractivity contribution in [2.45, 2.75) is 32.2 Å². The van der Waals surface area contributed by atoms with Gasteiger partial charge in [-0.15, -0.1) is 11.3 Å². The second-order valence-electron chi connectivity index (χ2n) is 8.03. The summed E-state index contributed by atoms with van der Waals surface area (Å²) in [6.45, 7) is 3.25. The highest BCUT2D eigenvalue weighted by molar-refractivity contribution is 7.86. The molecular weight excluding hydrogens is 434 g/mol. The average Bonchev–Trinajstić information content (AvgIpc) is 3.38. The van der Waals surface area contributed by atoms with Crippen LogP contribution in [0.3, 0.4) is 0 Å². The van der Waals surface area contributed by atoms with E-state index in [1.165, 1.54) is 30.2 Å². The topological polar surface area (TPSA) is 80.4 Å². The van der Waals surface area contributed by atoms with Gasteiger partial charge in [0.2, 0.25) is 0 Å². The SMILES string of the molecule is Cc1ccc(Cn2nc(C3CCN(S(=O)(=O)N(C)C)CC3)n(-c3cccs3)c2=O)cc1. The number of aromatic nitrogens is 3. The summed E-state index contributed by atoms with van der Waals surface area (Å²) in [5, 5.41) is 7.50. The summed E-state index contributed by atoms with van der Waals surface area (Å²) in [7, 11) is -0.343. The molecule has 1 aliphatic rings. The zero-order valence-electron chi connectivity index (χ0n) is 17.9. The number of hydrogen-bond donors (Lipinski definition) is 0. The van der Waals surface area contributed by atoms with Crippen molar-refractivity contribution in [3.8, 4) is 5.00 Å². The normalized spacial score (nSPS) is 16.3. The highest BCUT2D eigenvalue weighted by atomic mass is 32.2. The standard InChI is InChI=1S/C21H27N5O3S2/c1-16-6-8-17(9-7-16)15-25-21(27)26(19-5-4-14-30-19)20(22-25)18-10-12-24(13-11-18)31(28,29)23(2)3/h4-9,14,18H,10-13,15H2,1-3H3. The van der Waals surface area contributed by atoms with Crippen molar-refractivity contribution in [3.63, 3.8) is 0 Å². The van der Waals surface area contributed by atoms with Crippen LogP contribution in [0.15, 0.2) is 46.6 Å². The maximum atomic E-state index is 13.3. The molecule has 1 aromatic carbocycles. The Morgan fingerprint density at radius 1 is 1.13 bits per heavy atom. The first-order valence-corrected chi connectivity index (χ1v) is 12.5. The van der Waals surface area contributed by atoms with Gasteiger partial charge in [-0.25, -0.2) is 14.0 Å². The Morgan fingerprint density at radius 3 is 2.39 bits per heavy atom. The number of aryl methyl sites for hydroxylation is 1. The van der Waals surface area contributed by atoms with Gasteiger partial charge in [0.1, 0.15) is 10.8 Å². The van der Waals surface area contributed by atoms with Gasteiger partial charge in [0.15, 0.2) is 0 Å². The van der Waals surface area contributed by atoms with Gasteiger partial charge in [0.05, 0.1) is 6.54 Å². The van der Waals surface area contributed by atoms with E-state index in [1.807, 2.05) is 48.7 Å². The molecule has 10 heteroatoms. The second kappa shape index (κ2) is 8.70. The molecule has 2 aromatic heterocycles. The Morgan fingerprint density at radius 2 is 1.81 bits per heavy atom. The van der Waals surface area contributed by atoms with E-state index in [9.17, 15) is 13.2 Å². The molecule has 3 aromatic rings. The smallest absolute Gasteiger partial charge is 0.246 e. The third-order valence-corrected chi connectivity index (χ3v) is 8.44. The molecule has 3 heterocycles. The maximum absolute atomic E-state index is 13.3. The van der Waals surface area contributed by atoms with Crippen molar-refractivity contribution in [2.75, 3.05) is 27.2 Å². The molecule has 0 bridgehead atoms. The van der Waals surface area contributed by atoms with Crippen molar-refractivity contribution >= 4 is 21.5 Å². The number of rotatable bonds is 6. The Hall–Kier alpha value is -2.27. The Labute approximate surface area is 186 Å². The van der Waals surface area contributed by atoms with E-state index in [1.54, 1.807) is 18.7 Å². The van der Waals surface area contributed by atoms with Crippen LogP contribution in [0.25, 0.3) is 5.00 Å². The number of hydrogen-bond acceptors (Lipinski definition) is 5. The van der Waals surface area contributed by atoms with Crippen molar-refractivity contribution < 1.29 is 8.42 Å². The molecule has 1 saturated heterocycles. The van der Waals surface area contributed by atoms with Crippen LogP contribution in [0, 0.1) is 6.92 Å². The quantitative estimate of drug-likeness (QED) is 0.565. The molecule has 0 saturated carbocycles. The zero-order valence-corrected chi connectivity index (χ0v) is 19.6. The van der Waals surface area contributed by atoms with Crippen molar-refractivity contribution in [1.29, 1.82) is 0 Å². The molecule has 0 atom stereocenters. The molecule has 0 radical (unpaired) electrons. The summed E-state index contributed by atoms with van der Waals surface area (Å²) in [5.41, 5.74) is 2.02. The molecule has 166 valence electrons. The van der Waals surface area contributed by atoms with Crippen molar-refractivity contribution in [1.82, 2.24) is 23.0 Å². The molecule has 0 amide bonds. The minimum absolute atomic E-state index is 0.0164. The van der Waals surface area contributed by atoms with E-state index in [4.69, 9.17) is 5.10 Å². The maximum Gasteiger partial charge on any atom is 0.351 e. The third-order valence-electron chi connectivity index (χ3n) is 5.65. The summed E-state index contributed by atoms with van der Waals surface area (Å²) in [6.07, 6.45) is 1.25. The van der Waals surface area contributed by atoms with Gasteiger partial charge in [-0.2, -0.15) is 22.1 Å². The summed E-state index contributed by atoms with van der Waals surface area (Å²) >= 11 is 1.50. The lowest BCUT2D eigenvalue weighted by Gasteiger charge is -2.32. The molecule has 4 rings (SSSR count). The predicted octanol–water partition coefficient (Wildman–Crippen LogP) is 2.44. The van der Waals surface area contributed by atoms with Gasteiger partial charge in [-0.3, -0.25) is 0 Å². The summed E-state index contributed by atoms with van der Waals surface area (Å²) < 4.78 is 30.8. The van der Waals surface area contributed by atoms with E-state index >= 15 is 0 Å². The number of thiophene rings is 1. The van der Waals surface area contributed by atoms with E-state index in [0.29, 0.717) is 38.3 Å². The monoisotopic (exact) mass is 461 g/mol. The van der Waals surface area contributed by atoms with Crippen LogP contribution >= 0.6 is 11.3 Å². The zero-order chi connectivity index (χ0) is 22.2. The Kier molecular flexibility index (Phi) is 6.16. The fourth-order valence-electron chi connectivity index (χ4n) is 3.84. The lowest BCUT2D eigenvalue weighted by atomic mass is 9.97. The first-order chi connectivity index (χ1) is 14.8. The van der Waals surface area contributed by atoms with Gasteiger partial charge < -0.3 is 0 Å². The fourth-order valence-corrected chi connectivity index (χ4v) is 5.70. The van der Waals surface area contributed by atoms with Gasteiger partial charge in [-0.05, 0) is 42.8 Å². The fraction of sp³-hybridized carbons (Fsp3) is 0.429. The highest BCUT2D eigenvalue weighted by Crippen LogP contribution is 2.30. The number of piperidine rings is 1. The average molecular weight is 462 g/mol. The lowest BCUT2D eigenvalue weighted by molar-refractivity contribution is 0.295. The van der Waals surface area contributed by atoms with Crippen LogP contribution in [-0.2, 0) is 16.8 Å². The van der Waals surface area contributed by atoms with Crippen LogP contribution < -0.4 is 5.69 Å². The Balaban J connectivity index is 1.64. The Bertz CT molecular complexity index is 1190. The minimum atomic E-state index is -3.43. The van der Waals surface area contributed by atoms with Crippen molar-refractivity contribution in [3.05, 3.63) is 69.2 Å². The largest absolute Gasteiger partial charge is 0.351 e. The van der Waals surface area contributed by atoms with Gasteiger partial charge in [0, 0.05) is 33.1 Å². The van der Waals surface area contributed by atoms with Crippen LogP contribution in [0.1, 0.15) is 35.7 Å². The number of benzene rings is 1. The van der Waals surface area contributed by atoms with Gasteiger partial charge in [0.25, 0.3) is 10.2 Å². The molecule has 1 fully saturated rings. The summed E-state index contributed by atoms with van der Waals surface area (Å²) in [6, 6.07) is 11.9. The van der Waals surface area contributed by atoms with E-state index in [-0.39, 0.29) is 11.6 Å². The molecule has 0 aliphatic carbocycles. The van der Waals surface area contributed by atoms with Crippen molar-refractivity contribution in [2.24, 2.45) is 0 Å². The van der Waals surface area contributed by atoms with Gasteiger partial charge >= 0.3 is 5.69 Å². The van der Waals surface area contributed by atoms with Gasteiger partial charge in [-0.1, -0.05) is 29.8 Å². The van der Waals surface area contributed by atoms with Crippen LogP contribution in [-0.4, -0.2) is 58.6 Å². The van der Waals surface area contributed by atoms with E-state index in [0.717, 1.165) is 10.6 Å². The second-order valence-corrected chi connectivity index (χ2v) is 11.1. The van der Waals surface area contributed by atoms with Crippen LogP contribution in [0.2, 0.25) is 0 Å². The lowest BCUT2D eigenvalue weighted by Crippen LogP contribution is -2.44. The van der Waals surface area contributed by atoms with E-state index in [2.05, 4.69) is 0 Å². The summed E-state index contributed by atoms with van der Waals surface area (Å²) in [4.78, 5) is 13.3. The highest BCUT2D eigenvalue weighted by Gasteiger charge is 2.33. The molecule has 8 nitrogen and oxygen atoms in total. The van der Waals surface area contributed by atoms with Crippen LogP contribution in [0.4, 0.5) is 0 Å². The third kappa shape index (κ3) is 4.38. The molecule has 0 unspecified atom stereocenters. The molecule has 31 heavy (non-hydrogen) atoms. The number of nitrogens with zero attached hydrogens (tertiary/aromatic N) is 5. The first kappa shape index (κ1) is 21.9. The van der Waals surface area contributed by atoms with E-state index < -0.39 is 10.2 Å². The first-order valence-electron chi connectivity index (χ1n) is 10.2. The summed E-state index contributed by atoms with van der Waals surface area (Å²) in [5.74, 6) is 0.726.